The van der Waals surface area contributed by atoms with Crippen molar-refractivity contribution in [3.63, 3.8) is 0 Å². The predicted octanol–water partition coefficient (Wildman–Crippen LogP) is 0.374. The lowest BCUT2D eigenvalue weighted by molar-refractivity contribution is -0.106. The number of hydrogen-bond acceptors (Lipinski definition) is 3. The molecule has 1 aromatic carbocycles. The summed E-state index contributed by atoms with van der Waals surface area (Å²) >= 11 is 1.88. The molecule has 0 aliphatic heterocycles. The first-order valence-corrected chi connectivity index (χ1v) is 5.63. The Balaban J connectivity index is 2.88. The monoisotopic (exact) mass is 339 g/mol. The summed E-state index contributed by atoms with van der Waals surface area (Å²) < 4.78 is 23.9. The Kier molecular flexibility index (Phi) is 4.94. The third kappa shape index (κ3) is 3.31. The Morgan fingerprint density at radius 3 is 2.75 bits per heavy atom. The van der Waals surface area contributed by atoms with Crippen molar-refractivity contribution in [3.8, 4) is 5.75 Å². The second-order valence-corrected chi connectivity index (χ2v) is 4.22. The summed E-state index contributed by atoms with van der Waals surface area (Å²) in [4.78, 5) is 0. The highest BCUT2D eigenvalue weighted by molar-refractivity contribution is 14.1. The van der Waals surface area contributed by atoms with Crippen molar-refractivity contribution in [1.29, 1.82) is 0 Å². The summed E-state index contributed by atoms with van der Waals surface area (Å²) in [6, 6.07) is 2.69. The smallest absolute Gasteiger partial charge is 0.242 e. The molecule has 0 unspecified atom stereocenters. The van der Waals surface area contributed by atoms with E-state index < -0.39 is 5.82 Å². The van der Waals surface area contributed by atoms with Crippen molar-refractivity contribution in [2.24, 2.45) is 0 Å². The highest BCUT2D eigenvalue weighted by atomic mass is 127. The number of benzene rings is 1. The molecule has 0 aromatic heterocycles. The molecule has 0 amide bonds. The molecule has 0 aliphatic rings. The minimum absolute atomic E-state index is 0.107. The quantitative estimate of drug-likeness (QED) is 0.353. The van der Waals surface area contributed by atoms with Crippen LogP contribution in [0.5, 0.6) is 5.75 Å². The predicted molar refractivity (Wildman–Crippen MR) is 68.2 cm³/mol. The Hall–Kier alpha value is -0.890. The number of nitrogen functional groups attached to an aromatic ring is 1. The third-order valence-electron chi connectivity index (χ3n) is 1.91. The van der Waals surface area contributed by atoms with Crippen LogP contribution < -0.4 is 15.9 Å². The van der Waals surface area contributed by atoms with Gasteiger partial charge in [-0.25, -0.2) is 9.80 Å². The van der Waals surface area contributed by atoms with E-state index in [1.54, 1.807) is 7.11 Å². The molecule has 16 heavy (non-hydrogen) atoms. The average molecular weight is 339 g/mol. The van der Waals surface area contributed by atoms with Crippen LogP contribution in [-0.4, -0.2) is 24.0 Å². The molecule has 0 bridgehead atoms. The summed E-state index contributed by atoms with van der Waals surface area (Å²) in [5.74, 6) is -0.379. The lowest BCUT2D eigenvalue weighted by atomic mass is 10.2. The number of nitrogens with two attached hydrogens (primary N) is 2. The largest absolute Gasteiger partial charge is 0.488 e. The molecule has 0 heterocycles. The maximum Gasteiger partial charge on any atom is 0.242 e. The Morgan fingerprint density at radius 1 is 1.50 bits per heavy atom. The molecule has 0 aliphatic carbocycles. The summed E-state index contributed by atoms with van der Waals surface area (Å²) in [6.07, 6.45) is 0. The Morgan fingerprint density at radius 2 is 2.19 bits per heavy atom. The summed E-state index contributed by atoms with van der Waals surface area (Å²) in [6.45, 7) is 0.664. The van der Waals surface area contributed by atoms with E-state index in [0.29, 0.717) is 21.6 Å². The van der Waals surface area contributed by atoms with Gasteiger partial charge in [0.25, 0.3) is 0 Å². The maximum atomic E-state index is 13.5. The van der Waals surface area contributed by atoms with Gasteiger partial charge >= 0.3 is 0 Å². The lowest BCUT2D eigenvalue weighted by Gasteiger charge is -2.08. The van der Waals surface area contributed by atoms with Gasteiger partial charge in [0.15, 0.2) is 11.6 Å². The summed E-state index contributed by atoms with van der Waals surface area (Å²) in [7, 11) is 1.54. The molecule has 4 N–H and O–H groups in total. The molecule has 0 atom stereocenters. The molecule has 4 nitrogen and oxygen atoms in total. The normalized spacial score (nSPS) is 10.2. The number of anilines is 1. The van der Waals surface area contributed by atoms with Gasteiger partial charge in [0, 0.05) is 41.5 Å². The van der Waals surface area contributed by atoms with Gasteiger partial charge in [0.2, 0.25) is 3.72 Å². The summed E-state index contributed by atoms with van der Waals surface area (Å²) in [5.41, 5.74) is 6.58. The minimum Gasteiger partial charge on any atom is -0.488 e. The van der Waals surface area contributed by atoms with E-state index in [9.17, 15) is 4.39 Å². The number of halogens is 2. The molecule has 0 fully saturated rings. The zero-order valence-electron chi connectivity index (χ0n) is 8.80. The number of ether oxygens (including phenoxy) is 2. The van der Waals surface area contributed by atoms with Gasteiger partial charge in [-0.2, -0.15) is 0 Å². The van der Waals surface area contributed by atoms with Crippen molar-refractivity contribution >= 4 is 32.0 Å². The van der Waals surface area contributed by atoms with Gasteiger partial charge in [0.1, 0.15) is 6.61 Å². The topological polar surface area (TPSA) is 70.1 Å². The standard InChI is InChI=1S/C10H12FIN2O2/c1-15-2-3-16-9-5-8(13)6(10(12)14)4-7(9)11/h4-5,14H,2-3,13H2,1H3/p+1. The molecule has 6 heteroatoms. The molecule has 0 radical (unpaired) electrons. The van der Waals surface area contributed by atoms with E-state index in [1.165, 1.54) is 12.1 Å². The molecule has 0 spiro atoms. The zero-order valence-corrected chi connectivity index (χ0v) is 11.0. The highest BCUT2D eigenvalue weighted by Gasteiger charge is 2.13. The van der Waals surface area contributed by atoms with Crippen LogP contribution in [0.4, 0.5) is 10.1 Å². The van der Waals surface area contributed by atoms with Gasteiger partial charge in [-0.1, -0.05) is 0 Å². The molecular formula is C10H13FIN2O2+. The SMILES string of the molecule is COCCOc1cc(N)c(C(=[NH2+])I)cc1F. The van der Waals surface area contributed by atoms with Gasteiger partial charge in [0.05, 0.1) is 12.2 Å². The number of rotatable bonds is 5. The Labute approximate surface area is 107 Å². The third-order valence-corrected chi connectivity index (χ3v) is 2.49. The van der Waals surface area contributed by atoms with Crippen molar-refractivity contribution in [2.45, 2.75) is 0 Å². The number of methoxy groups -OCH3 is 1. The van der Waals surface area contributed by atoms with E-state index in [4.69, 9.17) is 20.6 Å². The van der Waals surface area contributed by atoms with E-state index in [0.717, 1.165) is 0 Å². The molecule has 88 valence electrons. The molecule has 0 saturated carbocycles. The van der Waals surface area contributed by atoms with Gasteiger partial charge < -0.3 is 15.2 Å². The van der Waals surface area contributed by atoms with Crippen LogP contribution in [0.15, 0.2) is 12.1 Å². The van der Waals surface area contributed by atoms with Gasteiger partial charge in [-0.15, -0.1) is 0 Å². The van der Waals surface area contributed by atoms with Crippen LogP contribution in [-0.2, 0) is 4.74 Å². The fraction of sp³-hybridized carbons (Fsp3) is 0.300. The van der Waals surface area contributed by atoms with E-state index in [-0.39, 0.29) is 12.4 Å². The lowest BCUT2D eigenvalue weighted by Crippen LogP contribution is -2.36. The van der Waals surface area contributed by atoms with Gasteiger partial charge in [-0.05, 0) is 6.07 Å². The maximum absolute atomic E-state index is 13.5. The minimum atomic E-state index is -0.486. The van der Waals surface area contributed by atoms with Crippen molar-refractivity contribution < 1.29 is 19.3 Å². The van der Waals surface area contributed by atoms with E-state index in [1.807, 2.05) is 22.6 Å². The summed E-state index contributed by atoms with van der Waals surface area (Å²) in [5, 5.41) is 5.55. The average Bonchev–Trinajstić information content (AvgIpc) is 2.22. The van der Waals surface area contributed by atoms with Crippen LogP contribution in [0, 0.1) is 5.82 Å². The molecular weight excluding hydrogens is 326 g/mol. The van der Waals surface area contributed by atoms with Crippen molar-refractivity contribution in [2.75, 3.05) is 26.1 Å². The first kappa shape index (κ1) is 13.2. The van der Waals surface area contributed by atoms with E-state index in [2.05, 4.69) is 0 Å². The fourth-order valence-electron chi connectivity index (χ4n) is 1.12. The van der Waals surface area contributed by atoms with Crippen LogP contribution in [0.2, 0.25) is 0 Å². The fourth-order valence-corrected chi connectivity index (χ4v) is 1.59. The Bertz CT molecular complexity index is 399. The first-order valence-electron chi connectivity index (χ1n) is 4.55. The van der Waals surface area contributed by atoms with E-state index >= 15 is 0 Å². The van der Waals surface area contributed by atoms with Crippen LogP contribution in [0.1, 0.15) is 5.56 Å². The van der Waals surface area contributed by atoms with Crippen molar-refractivity contribution in [3.05, 3.63) is 23.5 Å². The highest BCUT2D eigenvalue weighted by Crippen LogP contribution is 2.25. The number of hydrogen-bond donors (Lipinski definition) is 2. The van der Waals surface area contributed by atoms with Gasteiger partial charge in [-0.3, -0.25) is 0 Å². The first-order chi connectivity index (χ1) is 7.56. The van der Waals surface area contributed by atoms with Crippen LogP contribution in [0.3, 0.4) is 0 Å². The second-order valence-electron chi connectivity index (χ2n) is 3.06. The molecule has 0 saturated heterocycles. The zero-order chi connectivity index (χ0) is 12.1. The molecule has 1 aromatic rings. The van der Waals surface area contributed by atoms with Crippen LogP contribution in [0.25, 0.3) is 0 Å². The second kappa shape index (κ2) is 6.00. The van der Waals surface area contributed by atoms with Crippen molar-refractivity contribution in [1.82, 2.24) is 0 Å². The van der Waals surface area contributed by atoms with Crippen LogP contribution >= 0.6 is 22.6 Å². The molecule has 1 rings (SSSR count).